The Morgan fingerprint density at radius 1 is 1.42 bits per heavy atom. The van der Waals surface area contributed by atoms with E-state index in [9.17, 15) is 22.8 Å². The molecule has 1 aromatic rings. The Kier molecular flexibility index (Phi) is 4.73. The van der Waals surface area contributed by atoms with E-state index in [1.807, 2.05) is 6.92 Å². The number of hydrogen-bond donors (Lipinski definition) is 1. The summed E-state index contributed by atoms with van der Waals surface area (Å²) < 4.78 is 38.6. The van der Waals surface area contributed by atoms with Gasteiger partial charge in [0.15, 0.2) is 0 Å². The van der Waals surface area contributed by atoms with E-state index in [0.717, 1.165) is 7.05 Å². The molecular weight excluding hydrogens is 265 g/mol. The van der Waals surface area contributed by atoms with Gasteiger partial charge < -0.3 is 5.32 Å². The highest BCUT2D eigenvalue weighted by molar-refractivity contribution is 5.75. The van der Waals surface area contributed by atoms with E-state index in [0.29, 0.717) is 22.1 Å². The topological polar surface area (TPSA) is 68.9 Å². The lowest BCUT2D eigenvalue weighted by Gasteiger charge is -2.03. The first-order valence-electron chi connectivity index (χ1n) is 5.75. The van der Waals surface area contributed by atoms with Gasteiger partial charge in [-0.1, -0.05) is 6.92 Å². The summed E-state index contributed by atoms with van der Waals surface area (Å²) in [6.07, 6.45) is -3.66. The molecule has 0 radical (unpaired) electrons. The lowest BCUT2D eigenvalue weighted by atomic mass is 10.3. The minimum Gasteiger partial charge on any atom is -0.354 e. The fourth-order valence-electron chi connectivity index (χ4n) is 1.50. The minimum atomic E-state index is -4.68. The van der Waals surface area contributed by atoms with Gasteiger partial charge in [-0.2, -0.15) is 13.2 Å². The summed E-state index contributed by atoms with van der Waals surface area (Å²) in [6, 6.07) is 0. The zero-order valence-corrected chi connectivity index (χ0v) is 10.6. The van der Waals surface area contributed by atoms with E-state index in [2.05, 4.69) is 10.4 Å². The van der Waals surface area contributed by atoms with Gasteiger partial charge in [0.2, 0.25) is 11.7 Å². The van der Waals surface area contributed by atoms with Crippen molar-refractivity contribution in [1.82, 2.24) is 19.7 Å². The highest BCUT2D eigenvalue weighted by Gasteiger charge is 2.37. The summed E-state index contributed by atoms with van der Waals surface area (Å²) in [7, 11) is 1.00. The number of halogens is 3. The normalized spacial score (nSPS) is 11.6. The largest absolute Gasteiger partial charge is 0.451 e. The molecule has 0 saturated heterocycles. The van der Waals surface area contributed by atoms with Crippen LogP contribution in [0.15, 0.2) is 4.79 Å². The molecule has 0 saturated carbocycles. The summed E-state index contributed by atoms with van der Waals surface area (Å²) in [5.41, 5.74) is -0.864. The zero-order valence-electron chi connectivity index (χ0n) is 10.6. The summed E-state index contributed by atoms with van der Waals surface area (Å²) in [4.78, 5) is 22.6. The minimum absolute atomic E-state index is 0.0626. The second-order valence-electron chi connectivity index (χ2n) is 3.99. The number of nitrogens with one attached hydrogen (secondary N) is 1. The molecule has 0 spiro atoms. The number of rotatable bonds is 5. The van der Waals surface area contributed by atoms with Crippen molar-refractivity contribution in [3.05, 3.63) is 16.3 Å². The molecule has 108 valence electrons. The molecule has 0 bridgehead atoms. The number of hydrogen-bond acceptors (Lipinski definition) is 3. The average Bonchev–Trinajstić information content (AvgIpc) is 2.57. The monoisotopic (exact) mass is 280 g/mol. The van der Waals surface area contributed by atoms with Crippen LogP contribution < -0.4 is 11.0 Å². The van der Waals surface area contributed by atoms with Crippen LogP contribution in [-0.2, 0) is 24.6 Å². The van der Waals surface area contributed by atoms with Crippen LogP contribution in [0.2, 0.25) is 0 Å². The van der Waals surface area contributed by atoms with E-state index in [1.54, 1.807) is 0 Å². The van der Waals surface area contributed by atoms with Gasteiger partial charge in [-0.15, -0.1) is 5.10 Å². The Morgan fingerprint density at radius 2 is 2.05 bits per heavy atom. The standard InChI is InChI=1S/C10H15F3N4O2/c1-3-4-7(18)14-5-6-17-9(19)16(2)8(15-17)10(11,12)13/h3-6H2,1-2H3,(H,14,18). The van der Waals surface area contributed by atoms with Crippen LogP contribution in [0.5, 0.6) is 0 Å². The molecule has 1 heterocycles. The highest BCUT2D eigenvalue weighted by Crippen LogP contribution is 2.25. The van der Waals surface area contributed by atoms with Gasteiger partial charge in [0.1, 0.15) is 0 Å². The van der Waals surface area contributed by atoms with Crippen LogP contribution in [0, 0.1) is 0 Å². The Bertz CT molecular complexity index is 504. The Balaban J connectivity index is 2.71. The van der Waals surface area contributed by atoms with Crippen molar-refractivity contribution in [2.24, 2.45) is 7.05 Å². The molecule has 0 atom stereocenters. The molecule has 0 aliphatic rings. The third-order valence-electron chi connectivity index (χ3n) is 2.42. The van der Waals surface area contributed by atoms with E-state index >= 15 is 0 Å². The van der Waals surface area contributed by atoms with Crippen molar-refractivity contribution in [2.45, 2.75) is 32.5 Å². The maximum atomic E-state index is 12.5. The van der Waals surface area contributed by atoms with Gasteiger partial charge in [0, 0.05) is 20.0 Å². The molecule has 1 amide bonds. The van der Waals surface area contributed by atoms with E-state index in [4.69, 9.17) is 0 Å². The van der Waals surface area contributed by atoms with Crippen LogP contribution in [-0.4, -0.2) is 26.8 Å². The number of nitrogens with zero attached hydrogens (tertiary/aromatic N) is 3. The third kappa shape index (κ3) is 3.83. The maximum absolute atomic E-state index is 12.5. The molecule has 9 heteroatoms. The van der Waals surface area contributed by atoms with Crippen LogP contribution >= 0.6 is 0 Å². The summed E-state index contributed by atoms with van der Waals surface area (Å²) in [6.45, 7) is 1.80. The van der Waals surface area contributed by atoms with Gasteiger partial charge in [0.25, 0.3) is 0 Å². The van der Waals surface area contributed by atoms with Crippen molar-refractivity contribution < 1.29 is 18.0 Å². The highest BCUT2D eigenvalue weighted by atomic mass is 19.4. The molecule has 0 aromatic carbocycles. The van der Waals surface area contributed by atoms with Crippen molar-refractivity contribution in [3.63, 3.8) is 0 Å². The summed E-state index contributed by atoms with van der Waals surface area (Å²) >= 11 is 0. The first-order chi connectivity index (χ1) is 8.77. The number of carbonyl (C=O) groups is 1. The van der Waals surface area contributed by atoms with Crippen LogP contribution in [0.3, 0.4) is 0 Å². The first-order valence-corrected chi connectivity index (χ1v) is 5.75. The number of alkyl halides is 3. The smallest absolute Gasteiger partial charge is 0.354 e. The third-order valence-corrected chi connectivity index (χ3v) is 2.42. The first kappa shape index (κ1) is 15.3. The average molecular weight is 280 g/mol. The fourth-order valence-corrected chi connectivity index (χ4v) is 1.50. The van der Waals surface area contributed by atoms with Gasteiger partial charge in [-0.25, -0.2) is 9.48 Å². The lowest BCUT2D eigenvalue weighted by Crippen LogP contribution is -2.31. The molecule has 0 aliphatic heterocycles. The van der Waals surface area contributed by atoms with E-state index < -0.39 is 17.7 Å². The predicted molar refractivity (Wildman–Crippen MR) is 60.4 cm³/mol. The molecule has 0 fully saturated rings. The predicted octanol–water partition coefficient (Wildman–Crippen LogP) is 0.517. The van der Waals surface area contributed by atoms with Crippen LogP contribution in [0.25, 0.3) is 0 Å². The van der Waals surface area contributed by atoms with Gasteiger partial charge in [-0.05, 0) is 6.42 Å². The van der Waals surface area contributed by atoms with Crippen LogP contribution in [0.4, 0.5) is 13.2 Å². The number of amides is 1. The Labute approximate surface area is 107 Å². The van der Waals surface area contributed by atoms with E-state index in [-0.39, 0.29) is 19.0 Å². The van der Waals surface area contributed by atoms with Crippen molar-refractivity contribution in [2.75, 3.05) is 6.54 Å². The van der Waals surface area contributed by atoms with Gasteiger partial charge in [-0.3, -0.25) is 9.36 Å². The van der Waals surface area contributed by atoms with Crippen molar-refractivity contribution >= 4 is 5.91 Å². The fraction of sp³-hybridized carbons (Fsp3) is 0.700. The molecule has 1 N–H and O–H groups in total. The number of aromatic nitrogens is 3. The second-order valence-corrected chi connectivity index (χ2v) is 3.99. The Hall–Kier alpha value is -1.80. The molecule has 1 rings (SSSR count). The molecule has 1 aromatic heterocycles. The van der Waals surface area contributed by atoms with Gasteiger partial charge >= 0.3 is 11.9 Å². The molecule has 0 unspecified atom stereocenters. The van der Waals surface area contributed by atoms with Crippen LogP contribution in [0.1, 0.15) is 25.6 Å². The number of carbonyl (C=O) groups excluding carboxylic acids is 1. The second kappa shape index (κ2) is 5.89. The molecule has 0 aliphatic carbocycles. The summed E-state index contributed by atoms with van der Waals surface area (Å²) in [5.74, 6) is -1.46. The maximum Gasteiger partial charge on any atom is 0.451 e. The lowest BCUT2D eigenvalue weighted by molar-refractivity contribution is -0.147. The zero-order chi connectivity index (χ0) is 14.6. The van der Waals surface area contributed by atoms with Crippen molar-refractivity contribution in [1.29, 1.82) is 0 Å². The van der Waals surface area contributed by atoms with Crippen molar-refractivity contribution in [3.8, 4) is 0 Å². The SMILES string of the molecule is CCCC(=O)NCCn1nc(C(F)(F)F)n(C)c1=O. The van der Waals surface area contributed by atoms with Gasteiger partial charge in [0.05, 0.1) is 6.54 Å². The van der Waals surface area contributed by atoms with E-state index in [1.165, 1.54) is 0 Å². The Morgan fingerprint density at radius 3 is 2.53 bits per heavy atom. The quantitative estimate of drug-likeness (QED) is 0.854. The molecule has 19 heavy (non-hydrogen) atoms. The molecule has 6 nitrogen and oxygen atoms in total. The summed E-state index contributed by atoms with van der Waals surface area (Å²) in [5, 5.41) is 5.71. The molecular formula is C10H15F3N4O2.